The Hall–Kier alpha value is -0.906. The van der Waals surface area contributed by atoms with Crippen LogP contribution in [0.3, 0.4) is 0 Å². The highest BCUT2D eigenvalue weighted by atomic mass is 35.5. The van der Waals surface area contributed by atoms with Crippen LogP contribution in [0.1, 0.15) is 38.7 Å². The molecule has 1 aromatic carbocycles. The van der Waals surface area contributed by atoms with Crippen LogP contribution < -0.4 is 4.74 Å². The Morgan fingerprint density at radius 3 is 2.40 bits per heavy atom. The second kappa shape index (κ2) is 12.1. The molecule has 1 heterocycles. The van der Waals surface area contributed by atoms with Crippen LogP contribution in [-0.4, -0.2) is 66.1 Å². The van der Waals surface area contributed by atoms with Crippen LogP contribution >= 0.6 is 23.2 Å². The van der Waals surface area contributed by atoms with Crippen molar-refractivity contribution in [2.75, 3.05) is 33.1 Å². The number of nitrogens with zero attached hydrogens (tertiary/aromatic N) is 1. The third-order valence-electron chi connectivity index (χ3n) is 6.78. The fourth-order valence-electron chi connectivity index (χ4n) is 3.45. The van der Waals surface area contributed by atoms with Gasteiger partial charge >= 0.3 is 0 Å². The van der Waals surface area contributed by atoms with Crippen LogP contribution in [0.4, 0.5) is 0 Å². The average Bonchev–Trinajstić information content (AvgIpc) is 3.07. The van der Waals surface area contributed by atoms with Crippen LogP contribution in [0.25, 0.3) is 0 Å². The molecule has 1 amide bonds. The van der Waals surface area contributed by atoms with Gasteiger partial charge in [-0.3, -0.25) is 9.59 Å². The number of ketones is 1. The van der Waals surface area contributed by atoms with Gasteiger partial charge in [0.2, 0.25) is 5.91 Å². The second-order valence-corrected chi connectivity index (χ2v) is 23.2. The van der Waals surface area contributed by atoms with E-state index in [-0.39, 0.29) is 49.0 Å². The van der Waals surface area contributed by atoms with Crippen molar-refractivity contribution in [3.8, 4) is 5.75 Å². The molecule has 0 spiro atoms. The highest BCUT2D eigenvalue weighted by Crippen LogP contribution is 2.42. The van der Waals surface area contributed by atoms with Crippen molar-refractivity contribution < 1.29 is 23.5 Å². The summed E-state index contributed by atoms with van der Waals surface area (Å²) >= 11 is 12.9. The minimum absolute atomic E-state index is 0.0139. The zero-order chi connectivity index (χ0) is 26.6. The van der Waals surface area contributed by atoms with Gasteiger partial charge in [-0.05, 0) is 36.3 Å². The Morgan fingerprint density at radius 2 is 1.80 bits per heavy atom. The van der Waals surface area contributed by atoms with E-state index in [0.29, 0.717) is 34.5 Å². The van der Waals surface area contributed by atoms with Gasteiger partial charge in [0.15, 0.2) is 20.9 Å². The summed E-state index contributed by atoms with van der Waals surface area (Å²) in [5.41, 5.74) is 0.689. The van der Waals surface area contributed by atoms with E-state index in [1.807, 2.05) is 0 Å². The number of Topliss-reactive ketones (excluding diaryl/α,β-unsaturated/α-hetero) is 1. The summed E-state index contributed by atoms with van der Waals surface area (Å²) in [5.74, 6) is 0.136. The largest absolute Gasteiger partial charge is 0.467 e. The van der Waals surface area contributed by atoms with E-state index in [1.54, 1.807) is 17.0 Å². The summed E-state index contributed by atoms with van der Waals surface area (Å²) < 4.78 is 17.6. The van der Waals surface area contributed by atoms with E-state index in [4.69, 9.17) is 37.1 Å². The van der Waals surface area contributed by atoms with Crippen molar-refractivity contribution in [3.05, 3.63) is 27.7 Å². The van der Waals surface area contributed by atoms with E-state index in [0.717, 1.165) is 6.04 Å². The van der Waals surface area contributed by atoms with Crippen LogP contribution in [0.5, 0.6) is 5.75 Å². The lowest BCUT2D eigenvalue weighted by Gasteiger charge is -2.36. The Bertz CT molecular complexity index is 912. The number of likely N-dealkylation sites (tertiary alicyclic amines) is 1. The summed E-state index contributed by atoms with van der Waals surface area (Å²) in [6, 6.07) is 4.49. The zero-order valence-corrected chi connectivity index (χ0v) is 25.9. The lowest BCUT2D eigenvalue weighted by molar-refractivity contribution is -0.133. The smallest absolute Gasteiger partial charge is 0.223 e. The first-order valence-electron chi connectivity index (χ1n) is 12.1. The number of rotatable bonds is 12. The molecule has 10 heteroatoms. The predicted molar refractivity (Wildman–Crippen MR) is 148 cm³/mol. The Morgan fingerprint density at radius 1 is 1.14 bits per heavy atom. The van der Waals surface area contributed by atoms with Gasteiger partial charge in [0.05, 0.1) is 23.2 Å². The first-order chi connectivity index (χ1) is 16.0. The number of halogens is 2. The molecule has 1 aliphatic rings. The van der Waals surface area contributed by atoms with E-state index >= 15 is 0 Å². The number of hydrogen-bond donors (Lipinski definition) is 0. The molecule has 1 fully saturated rings. The molecule has 0 N–H and O–H groups in total. The fraction of sp³-hybridized carbons (Fsp3) is 0.680. The highest BCUT2D eigenvalue weighted by molar-refractivity contribution is 6.76. The first kappa shape index (κ1) is 30.3. The molecule has 0 aliphatic carbocycles. The van der Waals surface area contributed by atoms with E-state index in [9.17, 15) is 9.59 Å². The zero-order valence-electron chi connectivity index (χ0n) is 22.4. The molecule has 2 rings (SSSR count). The minimum Gasteiger partial charge on any atom is -0.467 e. The van der Waals surface area contributed by atoms with Gasteiger partial charge in [-0.1, -0.05) is 63.6 Å². The number of ether oxygens (including phenoxy) is 2. The maximum atomic E-state index is 12.8. The molecule has 198 valence electrons. The topological polar surface area (TPSA) is 65.1 Å². The molecule has 0 saturated carbocycles. The van der Waals surface area contributed by atoms with E-state index < -0.39 is 16.4 Å². The first-order valence-corrected chi connectivity index (χ1v) is 19.5. The molecule has 1 unspecified atom stereocenters. The molecule has 1 aliphatic heterocycles. The lowest BCUT2D eigenvalue weighted by Crippen LogP contribution is -2.43. The lowest BCUT2D eigenvalue weighted by atomic mass is 9.97. The van der Waals surface area contributed by atoms with Crippen molar-refractivity contribution in [1.82, 2.24) is 4.90 Å². The number of carbonyl (C=O) groups excluding carboxylic acids is 2. The minimum atomic E-state index is -2.04. The summed E-state index contributed by atoms with van der Waals surface area (Å²) in [7, 11) is -3.23. The fourth-order valence-corrected chi connectivity index (χ4v) is 5.64. The molecule has 1 atom stereocenters. The van der Waals surface area contributed by atoms with Crippen LogP contribution in [-0.2, 0) is 18.8 Å². The molecular weight excluding hydrogens is 521 g/mol. The van der Waals surface area contributed by atoms with Gasteiger partial charge in [0.1, 0.15) is 5.75 Å². The summed E-state index contributed by atoms with van der Waals surface area (Å²) in [4.78, 5) is 27.0. The number of carbonyl (C=O) groups is 2. The van der Waals surface area contributed by atoms with Gasteiger partial charge in [-0.2, -0.15) is 0 Å². The van der Waals surface area contributed by atoms with Gasteiger partial charge in [0, 0.05) is 39.1 Å². The average molecular weight is 563 g/mol. The molecule has 1 aromatic rings. The van der Waals surface area contributed by atoms with Gasteiger partial charge in [-0.15, -0.1) is 0 Å². The molecular formula is C25H41Cl2NO5Si2. The summed E-state index contributed by atoms with van der Waals surface area (Å²) in [6.45, 7) is 18.6. The van der Waals surface area contributed by atoms with Crippen molar-refractivity contribution in [2.45, 2.75) is 76.9 Å². The van der Waals surface area contributed by atoms with Crippen molar-refractivity contribution >= 4 is 51.3 Å². The Balaban J connectivity index is 2.02. The second-order valence-electron chi connectivity index (χ2n) is 12.0. The third kappa shape index (κ3) is 8.86. The third-order valence-corrected chi connectivity index (χ3v) is 13.8. The normalized spacial score (nSPS) is 17.3. The maximum Gasteiger partial charge on any atom is 0.223 e. The number of hydrogen-bond acceptors (Lipinski definition) is 5. The predicted octanol–water partition coefficient (Wildman–Crippen LogP) is 6.59. The van der Waals surface area contributed by atoms with Gasteiger partial charge < -0.3 is 18.8 Å². The quantitative estimate of drug-likeness (QED) is 0.163. The number of benzene rings is 1. The molecule has 0 bridgehead atoms. The van der Waals surface area contributed by atoms with Crippen molar-refractivity contribution in [1.29, 1.82) is 0 Å². The maximum absolute atomic E-state index is 12.8. The van der Waals surface area contributed by atoms with Crippen LogP contribution in [0.2, 0.25) is 53.9 Å². The SMILES string of the molecule is CC(C)(C)[Si](C)(C)OCC(=O)CN1CC(c2c(OCOCC[Si](C)(C)C)ccc(Cl)c2Cl)CC1=O. The molecule has 35 heavy (non-hydrogen) atoms. The molecule has 0 aromatic heterocycles. The molecule has 0 radical (unpaired) electrons. The monoisotopic (exact) mass is 561 g/mol. The van der Waals surface area contributed by atoms with Crippen molar-refractivity contribution in [2.24, 2.45) is 0 Å². The number of amides is 1. The Kier molecular flexibility index (Phi) is 10.5. The van der Waals surface area contributed by atoms with Gasteiger partial charge in [0.25, 0.3) is 0 Å². The molecule has 6 nitrogen and oxygen atoms in total. The standard InChI is InChI=1S/C25H41Cl2NO5Si2/c1-25(2,3)35(7,8)33-16-19(29)15-28-14-18(13-22(28)30)23-21(10-9-20(26)24(23)27)32-17-31-11-12-34(4,5)6/h9-10,18H,11-17H2,1-8H3. The van der Waals surface area contributed by atoms with E-state index in [2.05, 4.69) is 53.5 Å². The molecule has 1 saturated heterocycles. The Labute approximate surface area is 222 Å². The van der Waals surface area contributed by atoms with E-state index in [1.165, 1.54) is 0 Å². The van der Waals surface area contributed by atoms with Crippen molar-refractivity contribution in [3.63, 3.8) is 0 Å². The van der Waals surface area contributed by atoms with Crippen LogP contribution in [0, 0.1) is 0 Å². The highest BCUT2D eigenvalue weighted by Gasteiger charge is 2.39. The summed E-state index contributed by atoms with van der Waals surface area (Å²) in [6.07, 6.45) is 0.239. The van der Waals surface area contributed by atoms with Gasteiger partial charge in [-0.25, -0.2) is 0 Å². The summed E-state index contributed by atoms with van der Waals surface area (Å²) in [5, 5.41) is 0.789. The van der Waals surface area contributed by atoms with Crippen LogP contribution in [0.15, 0.2) is 12.1 Å².